The van der Waals surface area contributed by atoms with E-state index >= 15 is 0 Å². The van der Waals surface area contributed by atoms with Crippen LogP contribution in [0.3, 0.4) is 0 Å². The number of fused-ring (bicyclic) bond motifs is 3. The topological polar surface area (TPSA) is 80.7 Å². The van der Waals surface area contributed by atoms with Crippen molar-refractivity contribution in [3.63, 3.8) is 0 Å². The molecule has 0 aliphatic heterocycles. The van der Waals surface area contributed by atoms with Crippen LogP contribution in [0.15, 0.2) is 18.2 Å². The highest BCUT2D eigenvalue weighted by molar-refractivity contribution is 6.00. The Kier molecular flexibility index (Phi) is 4.48. The maximum Gasteiger partial charge on any atom is 0.309 e. The van der Waals surface area contributed by atoms with Crippen molar-refractivity contribution in [1.82, 2.24) is 0 Å². The van der Waals surface area contributed by atoms with E-state index in [0.29, 0.717) is 12.0 Å². The molecule has 27 heavy (non-hydrogen) atoms. The molecular weight excluding hydrogens is 344 g/mol. The zero-order valence-electron chi connectivity index (χ0n) is 16.7. The van der Waals surface area contributed by atoms with E-state index in [4.69, 9.17) is 4.74 Å². The third-order valence-corrected chi connectivity index (χ3v) is 6.84. The number of carboxylic acids is 1. The molecule has 3 rings (SSSR count). The van der Waals surface area contributed by atoms with Gasteiger partial charge in [-0.25, -0.2) is 0 Å². The highest BCUT2D eigenvalue weighted by Crippen LogP contribution is 2.57. The molecule has 146 valence electrons. The van der Waals surface area contributed by atoms with Gasteiger partial charge in [0.25, 0.3) is 0 Å². The lowest BCUT2D eigenvalue weighted by molar-refractivity contribution is -0.157. The fourth-order valence-corrected chi connectivity index (χ4v) is 5.26. The molecule has 5 nitrogen and oxygen atoms in total. The van der Waals surface area contributed by atoms with Crippen molar-refractivity contribution >= 4 is 17.7 Å². The zero-order chi connectivity index (χ0) is 20.2. The summed E-state index contributed by atoms with van der Waals surface area (Å²) in [4.78, 5) is 36.4. The second-order valence-corrected chi connectivity index (χ2v) is 9.04. The van der Waals surface area contributed by atoms with E-state index in [-0.39, 0.29) is 29.5 Å². The molecular formula is C22H28O5. The van der Waals surface area contributed by atoms with E-state index in [1.807, 2.05) is 18.2 Å². The number of aliphatic carboxylic acids is 1. The van der Waals surface area contributed by atoms with Gasteiger partial charge in [-0.15, -0.1) is 0 Å². The van der Waals surface area contributed by atoms with Crippen LogP contribution in [0.1, 0.15) is 81.8 Å². The van der Waals surface area contributed by atoms with Gasteiger partial charge in [0.15, 0.2) is 5.78 Å². The van der Waals surface area contributed by atoms with Crippen molar-refractivity contribution in [1.29, 1.82) is 0 Å². The number of hydrogen-bond acceptors (Lipinski definition) is 4. The van der Waals surface area contributed by atoms with Gasteiger partial charge in [0.2, 0.25) is 0 Å². The van der Waals surface area contributed by atoms with Crippen molar-refractivity contribution in [3.8, 4) is 0 Å². The van der Waals surface area contributed by atoms with Gasteiger partial charge < -0.3 is 9.84 Å². The number of carbonyl (C=O) groups is 3. The molecule has 2 aliphatic carbocycles. The van der Waals surface area contributed by atoms with Crippen LogP contribution in [0.4, 0.5) is 0 Å². The van der Waals surface area contributed by atoms with Gasteiger partial charge >= 0.3 is 11.9 Å². The van der Waals surface area contributed by atoms with E-state index in [9.17, 15) is 19.5 Å². The van der Waals surface area contributed by atoms with Gasteiger partial charge in [-0.1, -0.05) is 25.5 Å². The van der Waals surface area contributed by atoms with E-state index in [1.165, 1.54) is 6.92 Å². The first kappa shape index (κ1) is 19.6. The standard InChI is InChI=1S/C22H28O5/c1-13(23)27-20(2,3)14-7-8-16-15(11-14)17(24)12-18-21(16,4)9-6-10-22(18,5)19(25)26/h7-8,11,18H,6,9-10,12H2,1-5H3,(H,25,26)/t18-,21-,22-/m1/s1. The number of carbonyl (C=O) groups excluding carboxylic acids is 2. The zero-order valence-corrected chi connectivity index (χ0v) is 16.7. The Morgan fingerprint density at radius 2 is 1.89 bits per heavy atom. The molecule has 0 bridgehead atoms. The highest BCUT2D eigenvalue weighted by Gasteiger charge is 2.57. The summed E-state index contributed by atoms with van der Waals surface area (Å²) in [6.07, 6.45) is 2.53. The molecule has 0 spiro atoms. The first-order valence-electron chi connectivity index (χ1n) is 9.53. The predicted molar refractivity (Wildman–Crippen MR) is 101 cm³/mol. The largest absolute Gasteiger partial charge is 0.481 e. The number of benzene rings is 1. The molecule has 0 radical (unpaired) electrons. The van der Waals surface area contributed by atoms with Gasteiger partial charge in [-0.3, -0.25) is 14.4 Å². The third-order valence-electron chi connectivity index (χ3n) is 6.84. The molecule has 3 atom stereocenters. The molecule has 1 N–H and O–H groups in total. The maximum absolute atomic E-state index is 13.0. The summed E-state index contributed by atoms with van der Waals surface area (Å²) in [7, 11) is 0. The minimum atomic E-state index is -0.893. The Hall–Kier alpha value is -2.17. The fraction of sp³-hybridized carbons (Fsp3) is 0.591. The Morgan fingerprint density at radius 1 is 1.22 bits per heavy atom. The molecule has 1 aromatic rings. The average molecular weight is 372 g/mol. The van der Waals surface area contributed by atoms with Gasteiger partial charge in [0.1, 0.15) is 5.60 Å². The van der Waals surface area contributed by atoms with Crippen molar-refractivity contribution < 1.29 is 24.2 Å². The fourth-order valence-electron chi connectivity index (χ4n) is 5.26. The molecule has 0 heterocycles. The van der Waals surface area contributed by atoms with Crippen LogP contribution in [0.5, 0.6) is 0 Å². The van der Waals surface area contributed by atoms with E-state index in [0.717, 1.165) is 24.0 Å². The lowest BCUT2D eigenvalue weighted by Crippen LogP contribution is -2.53. The van der Waals surface area contributed by atoms with Crippen LogP contribution in [0.2, 0.25) is 0 Å². The summed E-state index contributed by atoms with van der Waals surface area (Å²) in [6, 6.07) is 5.66. The van der Waals surface area contributed by atoms with E-state index in [2.05, 4.69) is 6.92 Å². The lowest BCUT2D eigenvalue weighted by Gasteiger charge is -2.53. The molecule has 2 aliphatic rings. The summed E-state index contributed by atoms with van der Waals surface area (Å²) in [5.41, 5.74) is 0.263. The van der Waals surface area contributed by atoms with E-state index < -0.39 is 17.0 Å². The number of ketones is 1. The monoisotopic (exact) mass is 372 g/mol. The van der Waals surface area contributed by atoms with Crippen molar-refractivity contribution in [2.45, 2.75) is 71.3 Å². The predicted octanol–water partition coefficient (Wildman–Crippen LogP) is 4.22. The number of carboxylic acid groups (broad SMARTS) is 1. The number of hydrogen-bond donors (Lipinski definition) is 1. The van der Waals surface area contributed by atoms with Crippen LogP contribution in [0, 0.1) is 11.3 Å². The lowest BCUT2D eigenvalue weighted by atomic mass is 9.49. The van der Waals surface area contributed by atoms with Crippen LogP contribution in [-0.4, -0.2) is 22.8 Å². The maximum atomic E-state index is 13.0. The third kappa shape index (κ3) is 2.97. The van der Waals surface area contributed by atoms with Crippen LogP contribution in [0.25, 0.3) is 0 Å². The Morgan fingerprint density at radius 3 is 2.48 bits per heavy atom. The Balaban J connectivity index is 2.10. The molecule has 1 saturated carbocycles. The SMILES string of the molecule is CC(=O)OC(C)(C)c1ccc2c(c1)C(=O)C[C@H]1[C@](C)(C(=O)O)CCC[C@]21C. The molecule has 1 fully saturated rings. The van der Waals surface area contributed by atoms with Crippen LogP contribution in [-0.2, 0) is 25.3 Å². The molecule has 1 aromatic carbocycles. The minimum absolute atomic E-state index is 0.0256. The minimum Gasteiger partial charge on any atom is -0.481 e. The first-order valence-corrected chi connectivity index (χ1v) is 9.53. The van der Waals surface area contributed by atoms with Gasteiger partial charge in [0, 0.05) is 18.9 Å². The summed E-state index contributed by atoms with van der Waals surface area (Å²) in [5.74, 6) is -1.44. The summed E-state index contributed by atoms with van der Waals surface area (Å²) in [6.45, 7) is 8.85. The number of Topliss-reactive ketones (excluding diaryl/α,β-unsaturated/α-hetero) is 1. The second-order valence-electron chi connectivity index (χ2n) is 9.04. The Labute approximate surface area is 160 Å². The summed E-state index contributed by atoms with van der Waals surface area (Å²) >= 11 is 0. The smallest absolute Gasteiger partial charge is 0.309 e. The summed E-state index contributed by atoms with van der Waals surface area (Å²) < 4.78 is 5.42. The summed E-state index contributed by atoms with van der Waals surface area (Å²) in [5, 5.41) is 9.86. The number of rotatable bonds is 3. The van der Waals surface area contributed by atoms with Gasteiger partial charge in [-0.05, 0) is 62.1 Å². The van der Waals surface area contributed by atoms with Crippen molar-refractivity contribution in [3.05, 3.63) is 34.9 Å². The number of ether oxygens (including phenoxy) is 1. The molecule has 0 aromatic heterocycles. The Bertz CT molecular complexity index is 824. The van der Waals surface area contributed by atoms with Crippen molar-refractivity contribution in [2.24, 2.45) is 11.3 Å². The molecule has 0 amide bonds. The highest BCUT2D eigenvalue weighted by atomic mass is 16.6. The van der Waals surface area contributed by atoms with Gasteiger partial charge in [0.05, 0.1) is 5.41 Å². The quantitative estimate of drug-likeness (QED) is 0.804. The van der Waals surface area contributed by atoms with Crippen LogP contribution >= 0.6 is 0 Å². The first-order chi connectivity index (χ1) is 12.4. The second kappa shape index (κ2) is 6.18. The van der Waals surface area contributed by atoms with Crippen LogP contribution < -0.4 is 0 Å². The van der Waals surface area contributed by atoms with Crippen molar-refractivity contribution in [2.75, 3.05) is 0 Å². The molecule has 5 heteroatoms. The molecule has 0 unspecified atom stereocenters. The van der Waals surface area contributed by atoms with E-state index in [1.54, 1.807) is 20.8 Å². The molecule has 0 saturated heterocycles. The average Bonchev–Trinajstić information content (AvgIpc) is 2.55. The normalized spacial score (nSPS) is 30.3. The van der Waals surface area contributed by atoms with Gasteiger partial charge in [-0.2, -0.15) is 0 Å². The number of esters is 1.